The zero-order valence-electron chi connectivity index (χ0n) is 14.6. The summed E-state index contributed by atoms with van der Waals surface area (Å²) in [4.78, 5) is 0. The molecule has 0 aliphatic carbocycles. The standard InChI is InChI=1S/C14H34O3Si2/c1-11(2,3)16-18-13(6,7)12(4,5)17-19-14(8,9)15-10/h18-19H2,1-10H3. The molecule has 19 heavy (non-hydrogen) atoms. The lowest BCUT2D eigenvalue weighted by atomic mass is 9.94. The highest BCUT2D eigenvalue weighted by Gasteiger charge is 2.40. The van der Waals surface area contributed by atoms with E-state index in [1.54, 1.807) is 7.11 Å². The van der Waals surface area contributed by atoms with E-state index >= 15 is 0 Å². The highest BCUT2D eigenvalue weighted by molar-refractivity contribution is 6.34. The summed E-state index contributed by atoms with van der Waals surface area (Å²) in [5.74, 6) is 0. The summed E-state index contributed by atoms with van der Waals surface area (Å²) in [6, 6.07) is 0. The molecule has 0 aromatic heterocycles. The van der Waals surface area contributed by atoms with E-state index in [2.05, 4.69) is 62.3 Å². The quantitative estimate of drug-likeness (QED) is 0.676. The molecule has 0 bridgehead atoms. The number of rotatable bonds is 7. The molecule has 0 unspecified atom stereocenters. The summed E-state index contributed by atoms with van der Waals surface area (Å²) in [5.41, 5.74) is -0.213. The van der Waals surface area contributed by atoms with Crippen LogP contribution in [0, 0.1) is 0 Å². The summed E-state index contributed by atoms with van der Waals surface area (Å²) >= 11 is 0. The van der Waals surface area contributed by atoms with Crippen LogP contribution < -0.4 is 0 Å². The van der Waals surface area contributed by atoms with Gasteiger partial charge in [-0.05, 0) is 48.5 Å². The third kappa shape index (κ3) is 7.04. The van der Waals surface area contributed by atoms with Crippen molar-refractivity contribution in [2.45, 2.75) is 83.8 Å². The van der Waals surface area contributed by atoms with Crippen LogP contribution in [0.5, 0.6) is 0 Å². The molecule has 0 N–H and O–H groups in total. The summed E-state index contributed by atoms with van der Waals surface area (Å²) in [6.07, 6.45) is 0. The number of hydrogen-bond acceptors (Lipinski definition) is 3. The lowest BCUT2D eigenvalue weighted by Crippen LogP contribution is -2.47. The Labute approximate surface area is 124 Å². The Morgan fingerprint density at radius 2 is 1.16 bits per heavy atom. The van der Waals surface area contributed by atoms with Gasteiger partial charge in [-0.15, -0.1) is 0 Å². The van der Waals surface area contributed by atoms with Crippen molar-refractivity contribution >= 4 is 19.5 Å². The second-order valence-corrected chi connectivity index (χ2v) is 12.7. The van der Waals surface area contributed by atoms with E-state index in [1.165, 1.54) is 0 Å². The van der Waals surface area contributed by atoms with Gasteiger partial charge in [0.1, 0.15) is 0 Å². The third-order valence-corrected chi connectivity index (χ3v) is 8.26. The summed E-state index contributed by atoms with van der Waals surface area (Å²) in [7, 11) is 0.321. The first-order valence-corrected chi connectivity index (χ1v) is 9.62. The van der Waals surface area contributed by atoms with Crippen LogP contribution in [0.3, 0.4) is 0 Å². The molecule has 0 aliphatic heterocycles. The van der Waals surface area contributed by atoms with Gasteiger partial charge >= 0.3 is 0 Å². The second-order valence-electron chi connectivity index (χ2n) is 8.05. The van der Waals surface area contributed by atoms with Crippen molar-refractivity contribution in [3.63, 3.8) is 0 Å². The van der Waals surface area contributed by atoms with Gasteiger partial charge in [-0.2, -0.15) is 0 Å². The van der Waals surface area contributed by atoms with E-state index in [0.29, 0.717) is 0 Å². The Bertz CT molecular complexity index is 281. The highest BCUT2D eigenvalue weighted by atomic mass is 28.2. The Hall–Kier alpha value is 0.314. The van der Waals surface area contributed by atoms with E-state index < -0.39 is 19.5 Å². The predicted octanol–water partition coefficient (Wildman–Crippen LogP) is 2.35. The molecule has 0 aromatic carbocycles. The number of methoxy groups -OCH3 is 1. The van der Waals surface area contributed by atoms with Gasteiger partial charge in [0.2, 0.25) is 0 Å². The SMILES string of the molecule is COC(C)(C)[SiH2]OC(C)(C)C(C)(C)[SiH2]OC(C)(C)C. The summed E-state index contributed by atoms with van der Waals surface area (Å²) in [5, 5.41) is -0.0170. The largest absolute Gasteiger partial charge is 0.419 e. The van der Waals surface area contributed by atoms with Gasteiger partial charge < -0.3 is 13.6 Å². The topological polar surface area (TPSA) is 27.7 Å². The van der Waals surface area contributed by atoms with Crippen LogP contribution in [-0.4, -0.2) is 43.1 Å². The zero-order valence-corrected chi connectivity index (χ0v) is 17.5. The fraction of sp³-hybridized carbons (Fsp3) is 1.00. The van der Waals surface area contributed by atoms with Crippen molar-refractivity contribution in [2.75, 3.05) is 7.11 Å². The molecule has 0 fully saturated rings. The Balaban J connectivity index is 4.60. The predicted molar refractivity (Wildman–Crippen MR) is 88.2 cm³/mol. The Morgan fingerprint density at radius 3 is 1.53 bits per heavy atom. The highest BCUT2D eigenvalue weighted by Crippen LogP contribution is 2.40. The lowest BCUT2D eigenvalue weighted by molar-refractivity contribution is 0.0205. The van der Waals surface area contributed by atoms with Crippen molar-refractivity contribution in [2.24, 2.45) is 0 Å². The molecule has 116 valence electrons. The molecular formula is C14H34O3Si2. The minimum absolute atomic E-state index is 0.0528. The van der Waals surface area contributed by atoms with Crippen LogP contribution in [0.1, 0.15) is 62.3 Å². The van der Waals surface area contributed by atoms with Gasteiger partial charge in [0.25, 0.3) is 0 Å². The first-order valence-electron chi connectivity index (χ1n) is 7.06. The molecule has 0 radical (unpaired) electrons. The fourth-order valence-corrected chi connectivity index (χ4v) is 3.84. The van der Waals surface area contributed by atoms with Crippen molar-refractivity contribution < 1.29 is 13.6 Å². The molecule has 0 saturated carbocycles. The van der Waals surface area contributed by atoms with Gasteiger partial charge in [0.05, 0.1) is 10.8 Å². The van der Waals surface area contributed by atoms with Crippen molar-refractivity contribution in [3.05, 3.63) is 0 Å². The minimum Gasteiger partial charge on any atom is -0.419 e. The van der Waals surface area contributed by atoms with Gasteiger partial charge in [-0.3, -0.25) is 0 Å². The van der Waals surface area contributed by atoms with Crippen molar-refractivity contribution in [1.82, 2.24) is 0 Å². The normalized spacial score (nSPS) is 16.1. The van der Waals surface area contributed by atoms with Crippen LogP contribution >= 0.6 is 0 Å². The van der Waals surface area contributed by atoms with Crippen LogP contribution in [-0.2, 0) is 13.6 Å². The van der Waals surface area contributed by atoms with E-state index in [1.807, 2.05) is 0 Å². The molecular weight excluding hydrogens is 272 g/mol. The average molecular weight is 307 g/mol. The number of ether oxygens (including phenoxy) is 1. The van der Waals surface area contributed by atoms with Crippen LogP contribution in [0.4, 0.5) is 0 Å². The molecule has 3 nitrogen and oxygen atoms in total. The first kappa shape index (κ1) is 19.3. The summed E-state index contributed by atoms with van der Waals surface area (Å²) < 4.78 is 17.8. The minimum atomic E-state index is -0.751. The maximum Gasteiger partial charge on any atom is 0.194 e. The monoisotopic (exact) mass is 306 g/mol. The molecule has 0 aromatic rings. The van der Waals surface area contributed by atoms with Crippen molar-refractivity contribution in [3.8, 4) is 0 Å². The van der Waals surface area contributed by atoms with Gasteiger partial charge in [0, 0.05) is 17.7 Å². The van der Waals surface area contributed by atoms with E-state index in [-0.39, 0.29) is 21.5 Å². The molecule has 0 heterocycles. The van der Waals surface area contributed by atoms with Crippen LogP contribution in [0.15, 0.2) is 0 Å². The lowest BCUT2D eigenvalue weighted by Gasteiger charge is -2.44. The van der Waals surface area contributed by atoms with Gasteiger partial charge in [-0.25, -0.2) is 0 Å². The molecule has 0 saturated heterocycles. The number of hydrogen-bond donors (Lipinski definition) is 0. The second kappa shape index (κ2) is 6.39. The first-order chi connectivity index (χ1) is 8.22. The van der Waals surface area contributed by atoms with Crippen LogP contribution in [0.2, 0.25) is 5.04 Å². The summed E-state index contributed by atoms with van der Waals surface area (Å²) in [6.45, 7) is 19.5. The fourth-order valence-electron chi connectivity index (χ4n) is 1.18. The van der Waals surface area contributed by atoms with Gasteiger partial charge in [0.15, 0.2) is 19.5 Å². The van der Waals surface area contributed by atoms with Gasteiger partial charge in [-0.1, -0.05) is 13.8 Å². The van der Waals surface area contributed by atoms with E-state index in [0.717, 1.165) is 0 Å². The van der Waals surface area contributed by atoms with E-state index in [9.17, 15) is 0 Å². The molecule has 5 heteroatoms. The molecule has 0 rings (SSSR count). The average Bonchev–Trinajstić information content (AvgIpc) is 2.23. The maximum atomic E-state index is 6.28. The maximum absolute atomic E-state index is 6.28. The molecule has 0 amide bonds. The van der Waals surface area contributed by atoms with E-state index in [4.69, 9.17) is 13.6 Å². The van der Waals surface area contributed by atoms with Crippen LogP contribution in [0.25, 0.3) is 0 Å². The Morgan fingerprint density at radius 1 is 0.684 bits per heavy atom. The Kier molecular flexibility index (Phi) is 6.49. The molecule has 0 aliphatic rings. The van der Waals surface area contributed by atoms with Crippen molar-refractivity contribution in [1.29, 1.82) is 0 Å². The smallest absolute Gasteiger partial charge is 0.194 e. The zero-order chi connectivity index (χ0) is 15.5. The third-order valence-electron chi connectivity index (χ3n) is 3.83. The molecule has 0 atom stereocenters. The molecule has 0 spiro atoms.